The van der Waals surface area contributed by atoms with Crippen LogP contribution in [0, 0.1) is 0 Å². The third-order valence-electron chi connectivity index (χ3n) is 3.25. The largest absolute Gasteiger partial charge is 0.497 e. The van der Waals surface area contributed by atoms with E-state index in [4.69, 9.17) is 18.9 Å². The fourth-order valence-corrected chi connectivity index (χ4v) is 2.11. The second-order valence-electron chi connectivity index (χ2n) is 5.09. The Morgan fingerprint density at radius 3 is 2.55 bits per heavy atom. The van der Waals surface area contributed by atoms with Gasteiger partial charge in [0.2, 0.25) is 6.10 Å². The molecule has 2 rings (SSSR count). The van der Waals surface area contributed by atoms with Crippen molar-refractivity contribution in [2.75, 3.05) is 13.7 Å². The van der Waals surface area contributed by atoms with Crippen LogP contribution in [0.2, 0.25) is 0 Å². The van der Waals surface area contributed by atoms with E-state index >= 15 is 0 Å². The molecule has 1 aliphatic heterocycles. The second-order valence-corrected chi connectivity index (χ2v) is 5.09. The molecule has 0 amide bonds. The Morgan fingerprint density at radius 1 is 1.27 bits per heavy atom. The highest BCUT2D eigenvalue weighted by Crippen LogP contribution is 2.19. The van der Waals surface area contributed by atoms with E-state index in [1.54, 1.807) is 38.3 Å². The first-order valence-electron chi connectivity index (χ1n) is 7.25. The highest BCUT2D eigenvalue weighted by molar-refractivity contribution is 5.80. The summed E-state index contributed by atoms with van der Waals surface area (Å²) in [5.74, 6) is 0.598. The Bertz CT molecular complexity index is 510. The average molecular weight is 308 g/mol. The number of carbonyl (C=O) groups excluding carboxylic acids is 2. The molecule has 0 bridgehead atoms. The van der Waals surface area contributed by atoms with Gasteiger partial charge in [0.1, 0.15) is 17.6 Å². The van der Waals surface area contributed by atoms with E-state index < -0.39 is 18.0 Å². The fraction of sp³-hybridized carbons (Fsp3) is 0.500. The summed E-state index contributed by atoms with van der Waals surface area (Å²) in [6, 6.07) is 7.20. The van der Waals surface area contributed by atoms with Gasteiger partial charge in [-0.3, -0.25) is 4.79 Å². The van der Waals surface area contributed by atoms with Crippen molar-refractivity contribution in [3.63, 3.8) is 0 Å². The molecule has 0 aliphatic carbocycles. The highest BCUT2D eigenvalue weighted by atomic mass is 16.6. The van der Waals surface area contributed by atoms with Crippen molar-refractivity contribution >= 4 is 11.9 Å². The Kier molecular flexibility index (Phi) is 5.63. The summed E-state index contributed by atoms with van der Waals surface area (Å²) in [5, 5.41) is 0. The zero-order valence-corrected chi connectivity index (χ0v) is 12.7. The van der Waals surface area contributed by atoms with Gasteiger partial charge >= 0.3 is 11.9 Å². The van der Waals surface area contributed by atoms with Gasteiger partial charge in [0.15, 0.2) is 0 Å². The van der Waals surface area contributed by atoms with Gasteiger partial charge in [0.25, 0.3) is 0 Å². The number of carbonyl (C=O) groups is 2. The minimum absolute atomic E-state index is 0.191. The molecule has 6 nitrogen and oxygen atoms in total. The van der Waals surface area contributed by atoms with Crippen molar-refractivity contribution in [2.24, 2.45) is 0 Å². The molecule has 6 heteroatoms. The van der Waals surface area contributed by atoms with Crippen LogP contribution in [-0.4, -0.2) is 37.9 Å². The summed E-state index contributed by atoms with van der Waals surface area (Å²) in [5.41, 5.74) is 0. The van der Waals surface area contributed by atoms with E-state index in [0.29, 0.717) is 25.2 Å². The first-order valence-corrected chi connectivity index (χ1v) is 7.25. The zero-order chi connectivity index (χ0) is 15.9. The van der Waals surface area contributed by atoms with E-state index in [2.05, 4.69) is 0 Å². The molecule has 120 valence electrons. The third-order valence-corrected chi connectivity index (χ3v) is 3.25. The lowest BCUT2D eigenvalue weighted by Crippen LogP contribution is -2.22. The number of ether oxygens (including phenoxy) is 4. The minimum Gasteiger partial charge on any atom is -0.497 e. The predicted octanol–water partition coefficient (Wildman–Crippen LogP) is 2.10. The molecule has 1 aromatic carbocycles. The number of hydrogen-bond acceptors (Lipinski definition) is 6. The molecule has 1 aromatic rings. The van der Waals surface area contributed by atoms with E-state index in [1.807, 2.05) is 0 Å². The van der Waals surface area contributed by atoms with Crippen molar-refractivity contribution in [1.82, 2.24) is 0 Å². The van der Waals surface area contributed by atoms with Crippen LogP contribution in [0.25, 0.3) is 0 Å². The molecule has 1 aliphatic rings. The first-order chi connectivity index (χ1) is 10.6. The summed E-state index contributed by atoms with van der Waals surface area (Å²) in [6.07, 6.45) is 0.192. The Morgan fingerprint density at radius 2 is 1.95 bits per heavy atom. The topological polar surface area (TPSA) is 71.1 Å². The number of hydrogen-bond donors (Lipinski definition) is 0. The van der Waals surface area contributed by atoms with E-state index in [-0.39, 0.29) is 12.5 Å². The van der Waals surface area contributed by atoms with Crippen LogP contribution in [0.5, 0.6) is 11.5 Å². The molecule has 0 radical (unpaired) electrons. The average Bonchev–Trinajstić information content (AvgIpc) is 2.82. The van der Waals surface area contributed by atoms with Crippen molar-refractivity contribution < 1.29 is 28.5 Å². The van der Waals surface area contributed by atoms with Gasteiger partial charge in [0.05, 0.1) is 13.7 Å². The number of rotatable bonds is 7. The van der Waals surface area contributed by atoms with Crippen LogP contribution in [0.15, 0.2) is 24.3 Å². The maximum atomic E-state index is 11.6. The fourth-order valence-electron chi connectivity index (χ4n) is 2.11. The molecular weight excluding hydrogens is 288 g/mol. The predicted molar refractivity (Wildman–Crippen MR) is 77.8 cm³/mol. The van der Waals surface area contributed by atoms with Crippen LogP contribution in [0.4, 0.5) is 0 Å². The Hall–Kier alpha value is -2.24. The second kappa shape index (κ2) is 7.68. The number of cyclic esters (lactones) is 1. The van der Waals surface area contributed by atoms with Gasteiger partial charge in [0, 0.05) is 12.8 Å². The molecule has 0 N–H and O–H groups in total. The number of methoxy groups -OCH3 is 1. The van der Waals surface area contributed by atoms with E-state index in [9.17, 15) is 9.59 Å². The number of esters is 2. The van der Waals surface area contributed by atoms with E-state index in [0.717, 1.165) is 5.75 Å². The summed E-state index contributed by atoms with van der Waals surface area (Å²) < 4.78 is 20.6. The van der Waals surface area contributed by atoms with Crippen LogP contribution in [0.3, 0.4) is 0 Å². The summed E-state index contributed by atoms with van der Waals surface area (Å²) >= 11 is 0. The maximum Gasteiger partial charge on any atom is 0.347 e. The van der Waals surface area contributed by atoms with Crippen LogP contribution >= 0.6 is 0 Å². The van der Waals surface area contributed by atoms with Gasteiger partial charge < -0.3 is 18.9 Å². The molecule has 2 atom stereocenters. The summed E-state index contributed by atoms with van der Waals surface area (Å²) in [7, 11) is 1.60. The van der Waals surface area contributed by atoms with E-state index in [1.165, 1.54) is 0 Å². The van der Waals surface area contributed by atoms with Crippen molar-refractivity contribution in [3.05, 3.63) is 24.3 Å². The van der Waals surface area contributed by atoms with Crippen molar-refractivity contribution in [3.8, 4) is 11.5 Å². The van der Waals surface area contributed by atoms with Gasteiger partial charge in [-0.25, -0.2) is 4.79 Å². The molecule has 0 spiro atoms. The smallest absolute Gasteiger partial charge is 0.347 e. The number of benzene rings is 1. The molecule has 22 heavy (non-hydrogen) atoms. The SMILES string of the molecule is COc1ccc(OCCCC(=O)OC2CC(C)OC2=O)cc1. The third kappa shape index (κ3) is 4.65. The molecule has 0 saturated carbocycles. The van der Waals surface area contributed by atoms with Crippen molar-refractivity contribution in [1.29, 1.82) is 0 Å². The Labute approximate surface area is 129 Å². The van der Waals surface area contributed by atoms with Crippen LogP contribution in [-0.2, 0) is 19.1 Å². The quantitative estimate of drug-likeness (QED) is 0.567. The van der Waals surface area contributed by atoms with Gasteiger partial charge in [-0.05, 0) is 37.6 Å². The van der Waals surface area contributed by atoms with Crippen LogP contribution < -0.4 is 9.47 Å². The van der Waals surface area contributed by atoms with Crippen molar-refractivity contribution in [2.45, 2.75) is 38.4 Å². The molecular formula is C16H20O6. The van der Waals surface area contributed by atoms with Gasteiger partial charge in [-0.15, -0.1) is 0 Å². The lowest BCUT2D eigenvalue weighted by atomic mass is 10.2. The standard InChI is InChI=1S/C16H20O6/c1-11-10-14(16(18)21-11)22-15(17)4-3-9-20-13-7-5-12(19-2)6-8-13/h5-8,11,14H,3-4,9-10H2,1-2H3. The molecule has 0 aromatic heterocycles. The molecule has 1 saturated heterocycles. The van der Waals surface area contributed by atoms with Crippen LogP contribution in [0.1, 0.15) is 26.2 Å². The molecule has 1 fully saturated rings. The first kappa shape index (κ1) is 16.1. The molecule has 2 unspecified atom stereocenters. The van der Waals surface area contributed by atoms with Gasteiger partial charge in [-0.1, -0.05) is 0 Å². The highest BCUT2D eigenvalue weighted by Gasteiger charge is 2.34. The minimum atomic E-state index is -0.759. The zero-order valence-electron chi connectivity index (χ0n) is 12.7. The van der Waals surface area contributed by atoms with Gasteiger partial charge in [-0.2, -0.15) is 0 Å². The summed E-state index contributed by atoms with van der Waals surface area (Å²) in [6.45, 7) is 2.17. The lowest BCUT2D eigenvalue weighted by molar-refractivity contribution is -0.161. The summed E-state index contributed by atoms with van der Waals surface area (Å²) in [4.78, 5) is 23.0. The normalized spacial score (nSPS) is 20.4. The maximum absolute atomic E-state index is 11.6. The monoisotopic (exact) mass is 308 g/mol. The lowest BCUT2D eigenvalue weighted by Gasteiger charge is -2.09. The Balaban J connectivity index is 1.63. The molecule has 1 heterocycles.